The van der Waals surface area contributed by atoms with Crippen LogP contribution in [0.3, 0.4) is 0 Å². The number of ether oxygens (including phenoxy) is 1. The Bertz CT molecular complexity index is 703. The summed E-state index contributed by atoms with van der Waals surface area (Å²) in [6.45, 7) is 1.68. The van der Waals surface area contributed by atoms with E-state index in [-0.39, 0.29) is 11.6 Å². The molecule has 1 amide bonds. The molecule has 2 rings (SSSR count). The number of aromatic nitrogens is 1. The Balaban J connectivity index is 1.99. The summed E-state index contributed by atoms with van der Waals surface area (Å²) in [6.07, 6.45) is 1.55. The SMILES string of the molecule is COc1ccc(NC(C)C(=O)Nc2cccc([N+](=O)[O-])c2)cn1. The van der Waals surface area contributed by atoms with E-state index in [1.807, 2.05) is 0 Å². The molecule has 1 atom stereocenters. The predicted molar refractivity (Wildman–Crippen MR) is 85.6 cm³/mol. The van der Waals surface area contributed by atoms with Gasteiger partial charge in [0.2, 0.25) is 11.8 Å². The van der Waals surface area contributed by atoms with Gasteiger partial charge in [0, 0.05) is 23.9 Å². The Morgan fingerprint density at radius 2 is 2.09 bits per heavy atom. The summed E-state index contributed by atoms with van der Waals surface area (Å²) in [7, 11) is 1.52. The quantitative estimate of drug-likeness (QED) is 0.626. The van der Waals surface area contributed by atoms with Crippen LogP contribution in [0.4, 0.5) is 17.1 Å². The number of hydrogen-bond donors (Lipinski definition) is 2. The van der Waals surface area contributed by atoms with E-state index in [1.165, 1.54) is 25.3 Å². The largest absolute Gasteiger partial charge is 0.481 e. The number of amides is 1. The molecule has 0 aliphatic rings. The van der Waals surface area contributed by atoms with Crippen LogP contribution in [-0.2, 0) is 4.79 Å². The van der Waals surface area contributed by atoms with Crippen LogP contribution >= 0.6 is 0 Å². The van der Waals surface area contributed by atoms with Gasteiger partial charge >= 0.3 is 0 Å². The molecule has 0 aliphatic carbocycles. The van der Waals surface area contributed by atoms with E-state index in [9.17, 15) is 14.9 Å². The number of non-ortho nitro benzene ring substituents is 1. The number of carbonyl (C=O) groups excluding carboxylic acids is 1. The van der Waals surface area contributed by atoms with Gasteiger partial charge in [0.15, 0.2) is 0 Å². The molecule has 1 aromatic heterocycles. The van der Waals surface area contributed by atoms with E-state index in [0.29, 0.717) is 17.3 Å². The van der Waals surface area contributed by atoms with Crippen molar-refractivity contribution in [3.63, 3.8) is 0 Å². The van der Waals surface area contributed by atoms with Crippen LogP contribution < -0.4 is 15.4 Å². The highest BCUT2D eigenvalue weighted by Gasteiger charge is 2.14. The first-order valence-electron chi connectivity index (χ1n) is 6.81. The van der Waals surface area contributed by atoms with Gasteiger partial charge in [0.25, 0.3) is 5.69 Å². The van der Waals surface area contributed by atoms with Gasteiger partial charge in [-0.25, -0.2) is 4.98 Å². The molecule has 0 bridgehead atoms. The number of nitro groups is 1. The third-order valence-corrected chi connectivity index (χ3v) is 3.05. The molecular formula is C15H16N4O4. The zero-order valence-corrected chi connectivity index (χ0v) is 12.6. The molecule has 1 unspecified atom stereocenters. The van der Waals surface area contributed by atoms with Crippen molar-refractivity contribution in [1.82, 2.24) is 4.98 Å². The molecule has 0 radical (unpaired) electrons. The fourth-order valence-corrected chi connectivity index (χ4v) is 1.85. The van der Waals surface area contributed by atoms with Gasteiger partial charge in [0.1, 0.15) is 6.04 Å². The Kier molecular flexibility index (Phi) is 5.08. The zero-order chi connectivity index (χ0) is 16.8. The lowest BCUT2D eigenvalue weighted by molar-refractivity contribution is -0.384. The molecule has 1 heterocycles. The summed E-state index contributed by atoms with van der Waals surface area (Å²) in [5.41, 5.74) is 0.945. The normalized spacial score (nSPS) is 11.4. The number of benzene rings is 1. The lowest BCUT2D eigenvalue weighted by Crippen LogP contribution is -2.31. The van der Waals surface area contributed by atoms with Crippen molar-refractivity contribution < 1.29 is 14.5 Å². The molecule has 0 saturated heterocycles. The van der Waals surface area contributed by atoms with E-state index < -0.39 is 11.0 Å². The second-order valence-corrected chi connectivity index (χ2v) is 4.75. The molecule has 120 valence electrons. The van der Waals surface area contributed by atoms with Crippen LogP contribution in [0.1, 0.15) is 6.92 Å². The fraction of sp³-hybridized carbons (Fsp3) is 0.200. The van der Waals surface area contributed by atoms with Crippen molar-refractivity contribution in [3.8, 4) is 5.88 Å². The number of nitro benzene ring substituents is 1. The molecule has 23 heavy (non-hydrogen) atoms. The molecule has 0 fully saturated rings. The standard InChI is InChI=1S/C15H16N4O4/c1-10(17-12-6-7-14(23-2)16-9-12)15(20)18-11-4-3-5-13(8-11)19(21)22/h3-10,17H,1-2H3,(H,18,20). The predicted octanol–water partition coefficient (Wildman–Crippen LogP) is 2.44. The van der Waals surface area contributed by atoms with Gasteiger partial charge in [-0.2, -0.15) is 0 Å². The molecule has 0 saturated carbocycles. The molecule has 0 spiro atoms. The Morgan fingerprint density at radius 3 is 2.70 bits per heavy atom. The summed E-state index contributed by atoms with van der Waals surface area (Å²) in [6, 6.07) is 8.63. The van der Waals surface area contributed by atoms with Crippen LogP contribution in [-0.4, -0.2) is 29.0 Å². The van der Waals surface area contributed by atoms with Gasteiger partial charge < -0.3 is 15.4 Å². The first-order valence-corrected chi connectivity index (χ1v) is 6.81. The molecule has 2 N–H and O–H groups in total. The topological polar surface area (TPSA) is 106 Å². The smallest absolute Gasteiger partial charge is 0.271 e. The van der Waals surface area contributed by atoms with Gasteiger partial charge in [-0.15, -0.1) is 0 Å². The van der Waals surface area contributed by atoms with Crippen molar-refractivity contribution >= 4 is 23.0 Å². The van der Waals surface area contributed by atoms with Crippen LogP contribution in [0.25, 0.3) is 0 Å². The van der Waals surface area contributed by atoms with Crippen molar-refractivity contribution in [2.45, 2.75) is 13.0 Å². The maximum atomic E-state index is 12.1. The van der Waals surface area contributed by atoms with Crippen molar-refractivity contribution in [3.05, 3.63) is 52.7 Å². The third-order valence-electron chi connectivity index (χ3n) is 3.05. The number of methoxy groups -OCH3 is 1. The summed E-state index contributed by atoms with van der Waals surface area (Å²) in [4.78, 5) is 26.4. The average molecular weight is 316 g/mol. The highest BCUT2D eigenvalue weighted by atomic mass is 16.6. The zero-order valence-electron chi connectivity index (χ0n) is 12.6. The number of pyridine rings is 1. The first-order chi connectivity index (χ1) is 11.0. The van der Waals surface area contributed by atoms with Crippen LogP contribution in [0.15, 0.2) is 42.6 Å². The maximum Gasteiger partial charge on any atom is 0.271 e. The Morgan fingerprint density at radius 1 is 1.30 bits per heavy atom. The Hall–Kier alpha value is -3.16. The van der Waals surface area contributed by atoms with Crippen molar-refractivity contribution in [1.29, 1.82) is 0 Å². The maximum absolute atomic E-state index is 12.1. The van der Waals surface area contributed by atoms with Crippen LogP contribution in [0.2, 0.25) is 0 Å². The molecule has 0 aliphatic heterocycles. The summed E-state index contributed by atoms with van der Waals surface area (Å²) in [5.74, 6) is 0.158. The van der Waals surface area contributed by atoms with Gasteiger partial charge in [0.05, 0.1) is 23.9 Å². The molecule has 8 nitrogen and oxygen atoms in total. The minimum Gasteiger partial charge on any atom is -0.481 e. The van der Waals surface area contributed by atoms with E-state index in [4.69, 9.17) is 4.74 Å². The number of nitrogens with zero attached hydrogens (tertiary/aromatic N) is 2. The summed E-state index contributed by atoms with van der Waals surface area (Å²) < 4.78 is 4.96. The molecular weight excluding hydrogens is 300 g/mol. The van der Waals surface area contributed by atoms with Crippen molar-refractivity contribution in [2.75, 3.05) is 17.7 Å². The molecule has 1 aromatic carbocycles. The highest BCUT2D eigenvalue weighted by molar-refractivity contribution is 5.96. The minimum absolute atomic E-state index is 0.0808. The second kappa shape index (κ2) is 7.21. The van der Waals surface area contributed by atoms with Crippen LogP contribution in [0.5, 0.6) is 5.88 Å². The lowest BCUT2D eigenvalue weighted by Gasteiger charge is -2.15. The molecule has 8 heteroatoms. The highest BCUT2D eigenvalue weighted by Crippen LogP contribution is 2.18. The monoisotopic (exact) mass is 316 g/mol. The van der Waals surface area contributed by atoms with Gasteiger partial charge in [-0.1, -0.05) is 6.07 Å². The van der Waals surface area contributed by atoms with Gasteiger partial charge in [-0.05, 0) is 19.1 Å². The summed E-state index contributed by atoms with van der Waals surface area (Å²) in [5, 5.41) is 16.3. The van der Waals surface area contributed by atoms with E-state index in [1.54, 1.807) is 31.3 Å². The molecule has 2 aromatic rings. The van der Waals surface area contributed by atoms with E-state index in [2.05, 4.69) is 15.6 Å². The van der Waals surface area contributed by atoms with Crippen LogP contribution in [0, 0.1) is 10.1 Å². The van der Waals surface area contributed by atoms with E-state index >= 15 is 0 Å². The van der Waals surface area contributed by atoms with Gasteiger partial charge in [-0.3, -0.25) is 14.9 Å². The number of anilines is 2. The number of hydrogen-bond acceptors (Lipinski definition) is 6. The third kappa shape index (κ3) is 4.40. The summed E-state index contributed by atoms with van der Waals surface area (Å²) >= 11 is 0. The van der Waals surface area contributed by atoms with E-state index in [0.717, 1.165) is 0 Å². The Labute approximate surface area is 132 Å². The fourth-order valence-electron chi connectivity index (χ4n) is 1.85. The van der Waals surface area contributed by atoms with Crippen molar-refractivity contribution in [2.24, 2.45) is 0 Å². The second-order valence-electron chi connectivity index (χ2n) is 4.75. The minimum atomic E-state index is -0.551. The number of rotatable bonds is 6. The lowest BCUT2D eigenvalue weighted by atomic mass is 10.2. The number of carbonyl (C=O) groups is 1. The number of nitrogens with one attached hydrogen (secondary N) is 2. The average Bonchev–Trinajstić information content (AvgIpc) is 2.55. The first kappa shape index (κ1) is 16.2.